The zero-order valence-electron chi connectivity index (χ0n) is 36.0. The van der Waals surface area contributed by atoms with Crippen molar-refractivity contribution in [2.75, 3.05) is 22.1 Å². The fraction of sp³-hybridized carbons (Fsp3) is 0.767. The molecule has 4 amide bonds. The molecule has 6 rings (SSSR count). The average Bonchev–Trinajstić information content (AvgIpc) is 3.98. The van der Waals surface area contributed by atoms with Gasteiger partial charge in [0.15, 0.2) is 10.3 Å². The minimum Gasteiger partial charge on any atom is -0.481 e. The smallest absolute Gasteiger partial charge is 0.324 e. The zero-order chi connectivity index (χ0) is 42.7. The van der Waals surface area contributed by atoms with E-state index >= 15 is 0 Å². The summed E-state index contributed by atoms with van der Waals surface area (Å²) >= 11 is 5.16. The highest BCUT2D eigenvalue weighted by Crippen LogP contribution is 2.42. The number of anilines is 2. The van der Waals surface area contributed by atoms with Crippen LogP contribution in [0, 0.1) is 22.7 Å². The number of nitrogens with one attached hydrogen (secondary N) is 2. The Bertz CT molecular complexity index is 1660. The van der Waals surface area contributed by atoms with Crippen LogP contribution >= 0.6 is 46.2 Å². The molecule has 0 radical (unpaired) electrons. The molecule has 4 saturated carbocycles. The van der Waals surface area contributed by atoms with E-state index in [1.165, 1.54) is 104 Å². The Balaban J connectivity index is 0.000000224. The van der Waals surface area contributed by atoms with E-state index < -0.39 is 11.9 Å². The maximum atomic E-state index is 13.3. The van der Waals surface area contributed by atoms with Gasteiger partial charge in [-0.05, 0) is 99.7 Å². The molecule has 12 nitrogen and oxygen atoms in total. The van der Waals surface area contributed by atoms with Gasteiger partial charge in [-0.25, -0.2) is 19.6 Å². The number of nitrogens with zero attached hydrogens (tertiary/aromatic N) is 4. The Hall–Kier alpha value is -2.56. The SMILES string of the molecule is CC(C)(C)C1CCC(N(C(=O)Nc2ncc(SCC(=O)O)s2)C2CCCC2)CC1.CC(C)(C)C1CCC(N(C(=O)Nc2ncc(SCC(=O)O)s2)C2CCCCC2)CC1. The second kappa shape index (κ2) is 22.0. The van der Waals surface area contributed by atoms with Crippen molar-refractivity contribution in [1.82, 2.24) is 19.8 Å². The molecule has 59 heavy (non-hydrogen) atoms. The van der Waals surface area contributed by atoms with Crippen molar-refractivity contribution in [1.29, 1.82) is 0 Å². The third-order valence-electron chi connectivity index (χ3n) is 12.9. The highest BCUT2D eigenvalue weighted by Gasteiger charge is 2.39. The number of aliphatic carboxylic acids is 2. The number of hydrogen-bond acceptors (Lipinski definition) is 10. The molecule has 0 atom stereocenters. The number of hydrogen-bond donors (Lipinski definition) is 4. The molecular formula is C43H68N6O6S4. The third kappa shape index (κ3) is 14.5. The molecule has 4 aliphatic rings. The molecule has 4 aliphatic carbocycles. The highest BCUT2D eigenvalue weighted by atomic mass is 32.2. The molecule has 0 aliphatic heterocycles. The molecule has 0 saturated heterocycles. The summed E-state index contributed by atoms with van der Waals surface area (Å²) in [5, 5.41) is 24.8. The molecule has 330 valence electrons. The van der Waals surface area contributed by atoms with Crippen molar-refractivity contribution in [3.8, 4) is 0 Å². The van der Waals surface area contributed by atoms with E-state index in [1.807, 2.05) is 0 Å². The first-order chi connectivity index (χ1) is 28.0. The lowest BCUT2D eigenvalue weighted by molar-refractivity contribution is -0.134. The lowest BCUT2D eigenvalue weighted by atomic mass is 9.71. The summed E-state index contributed by atoms with van der Waals surface area (Å²) in [4.78, 5) is 60.9. The number of thiazole rings is 2. The summed E-state index contributed by atoms with van der Waals surface area (Å²) in [6, 6.07) is 1.17. The Morgan fingerprint density at radius 1 is 0.576 bits per heavy atom. The van der Waals surface area contributed by atoms with Crippen molar-refractivity contribution in [2.45, 2.75) is 183 Å². The lowest BCUT2D eigenvalue weighted by Crippen LogP contribution is -2.51. The van der Waals surface area contributed by atoms with Gasteiger partial charge < -0.3 is 20.0 Å². The van der Waals surface area contributed by atoms with Gasteiger partial charge in [0, 0.05) is 24.2 Å². The van der Waals surface area contributed by atoms with Gasteiger partial charge in [-0.15, -0.1) is 23.5 Å². The number of urea groups is 2. The van der Waals surface area contributed by atoms with Gasteiger partial charge >= 0.3 is 24.0 Å². The fourth-order valence-electron chi connectivity index (χ4n) is 9.59. The third-order valence-corrected chi connectivity index (χ3v) is 17.0. The quantitative estimate of drug-likeness (QED) is 0.151. The van der Waals surface area contributed by atoms with Crippen LogP contribution in [-0.2, 0) is 9.59 Å². The summed E-state index contributed by atoms with van der Waals surface area (Å²) < 4.78 is 1.61. The first-order valence-electron chi connectivity index (χ1n) is 21.8. The number of carboxylic acids is 2. The number of rotatable bonds is 12. The van der Waals surface area contributed by atoms with E-state index in [1.54, 1.807) is 12.4 Å². The van der Waals surface area contributed by atoms with Gasteiger partial charge in [0.1, 0.15) is 0 Å². The van der Waals surface area contributed by atoms with Crippen LogP contribution in [0.15, 0.2) is 20.8 Å². The predicted octanol–water partition coefficient (Wildman–Crippen LogP) is 11.8. The molecule has 2 heterocycles. The maximum Gasteiger partial charge on any atom is 0.324 e. The van der Waals surface area contributed by atoms with Crippen molar-refractivity contribution in [2.24, 2.45) is 22.7 Å². The molecule has 4 fully saturated rings. The molecule has 0 unspecified atom stereocenters. The topological polar surface area (TPSA) is 165 Å². The Labute approximate surface area is 368 Å². The standard InChI is InChI=1S/C22H35N3O3S2.C21H33N3O3S2/c1-22(2,3)15-9-11-17(12-10-15)25(16-7-5-4-6-8-16)21(28)24-20-23-13-19(30-20)29-14-18(26)27;1-21(2,3)14-8-10-16(11-9-14)24(15-6-4-5-7-15)20(27)23-19-22-12-18(29-19)28-13-17(25)26/h13,15-17H,4-12,14H2,1-3H3,(H,26,27)(H,23,24,28);12,14-16H,4-11,13H2,1-3H3,(H,25,26)(H,22,23,27). The first kappa shape index (κ1) is 47.5. The van der Waals surface area contributed by atoms with Crippen LogP contribution in [0.25, 0.3) is 0 Å². The van der Waals surface area contributed by atoms with Gasteiger partial charge in [-0.3, -0.25) is 20.2 Å². The van der Waals surface area contributed by atoms with Gasteiger partial charge in [0.2, 0.25) is 0 Å². The second-order valence-corrected chi connectivity index (χ2v) is 23.6. The number of carbonyl (C=O) groups is 4. The lowest BCUT2D eigenvalue weighted by Gasteiger charge is -2.44. The molecule has 16 heteroatoms. The van der Waals surface area contributed by atoms with E-state index in [4.69, 9.17) is 10.2 Å². The number of carbonyl (C=O) groups excluding carboxylic acids is 2. The number of thioether (sulfide) groups is 2. The van der Waals surface area contributed by atoms with Crippen molar-refractivity contribution < 1.29 is 29.4 Å². The van der Waals surface area contributed by atoms with E-state index in [-0.39, 0.29) is 23.6 Å². The number of amides is 4. The summed E-state index contributed by atoms with van der Waals surface area (Å²) in [6.07, 6.45) is 22.7. The van der Waals surface area contributed by atoms with Crippen LogP contribution in [0.5, 0.6) is 0 Å². The van der Waals surface area contributed by atoms with Crippen LogP contribution in [0.2, 0.25) is 0 Å². The molecule has 4 N–H and O–H groups in total. The summed E-state index contributed by atoms with van der Waals surface area (Å²) in [5.74, 6) is -0.264. The predicted molar refractivity (Wildman–Crippen MR) is 242 cm³/mol. The van der Waals surface area contributed by atoms with Gasteiger partial charge in [0.25, 0.3) is 0 Å². The van der Waals surface area contributed by atoms with Crippen molar-refractivity contribution in [3.63, 3.8) is 0 Å². The molecule has 2 aromatic heterocycles. The molecular weight excluding hydrogens is 825 g/mol. The van der Waals surface area contributed by atoms with Crippen LogP contribution in [0.4, 0.5) is 19.9 Å². The zero-order valence-corrected chi connectivity index (χ0v) is 39.3. The first-order valence-corrected chi connectivity index (χ1v) is 25.4. The number of aromatic nitrogens is 2. The van der Waals surface area contributed by atoms with Crippen LogP contribution < -0.4 is 10.6 Å². The van der Waals surface area contributed by atoms with Crippen LogP contribution in [0.3, 0.4) is 0 Å². The highest BCUT2D eigenvalue weighted by molar-refractivity contribution is 8.02. The summed E-state index contributed by atoms with van der Waals surface area (Å²) in [7, 11) is 0. The maximum absolute atomic E-state index is 13.3. The monoisotopic (exact) mass is 892 g/mol. The van der Waals surface area contributed by atoms with Crippen molar-refractivity contribution in [3.05, 3.63) is 12.4 Å². The molecule has 0 spiro atoms. The van der Waals surface area contributed by atoms with Crippen LogP contribution in [-0.4, -0.2) is 89.7 Å². The molecule has 0 bridgehead atoms. The van der Waals surface area contributed by atoms with E-state index in [0.29, 0.717) is 45.3 Å². The molecule has 2 aromatic rings. The van der Waals surface area contributed by atoms with E-state index in [2.05, 4.69) is 71.9 Å². The van der Waals surface area contributed by atoms with Crippen LogP contribution in [0.1, 0.15) is 151 Å². The fourth-order valence-corrected chi connectivity index (χ4v) is 12.8. The minimum atomic E-state index is -0.854. The van der Waals surface area contributed by atoms with E-state index in [9.17, 15) is 19.2 Å². The largest absolute Gasteiger partial charge is 0.481 e. The number of carboxylic acid groups (broad SMARTS) is 2. The normalized spacial score (nSPS) is 23.2. The Morgan fingerprint density at radius 2 is 0.898 bits per heavy atom. The summed E-state index contributed by atoms with van der Waals surface area (Å²) in [5.41, 5.74) is 0.657. The Morgan fingerprint density at radius 3 is 1.22 bits per heavy atom. The van der Waals surface area contributed by atoms with Gasteiger partial charge in [-0.1, -0.05) is 96.3 Å². The van der Waals surface area contributed by atoms with Crippen molar-refractivity contribution >= 4 is 80.5 Å². The second-order valence-electron chi connectivity index (χ2n) is 19.0. The van der Waals surface area contributed by atoms with E-state index in [0.717, 1.165) is 71.6 Å². The van der Waals surface area contributed by atoms with Gasteiger partial charge in [0.05, 0.1) is 32.3 Å². The average molecular weight is 893 g/mol. The summed E-state index contributed by atoms with van der Waals surface area (Å²) in [6.45, 7) is 13.9. The molecule has 0 aromatic carbocycles. The minimum absolute atomic E-state index is 0.000790. The Kier molecular flexibility index (Phi) is 17.7. The van der Waals surface area contributed by atoms with Gasteiger partial charge in [-0.2, -0.15) is 0 Å².